The van der Waals surface area contributed by atoms with Crippen molar-refractivity contribution in [3.05, 3.63) is 53.5 Å². The smallest absolute Gasteiger partial charge is 0.269 e. The van der Waals surface area contributed by atoms with Gasteiger partial charge in [0.1, 0.15) is 17.3 Å². The van der Waals surface area contributed by atoms with E-state index in [0.29, 0.717) is 27.9 Å². The van der Waals surface area contributed by atoms with Crippen LogP contribution in [0.3, 0.4) is 0 Å². The number of amides is 1. The van der Waals surface area contributed by atoms with Gasteiger partial charge in [0, 0.05) is 25.0 Å². The number of benzene rings is 2. The van der Waals surface area contributed by atoms with E-state index in [2.05, 4.69) is 4.98 Å². The van der Waals surface area contributed by atoms with Crippen LogP contribution >= 0.6 is 0 Å². The van der Waals surface area contributed by atoms with Gasteiger partial charge in [-0.1, -0.05) is 32.0 Å². The van der Waals surface area contributed by atoms with E-state index in [4.69, 9.17) is 4.74 Å². The Kier molecular flexibility index (Phi) is 6.03. The number of rotatable bonds is 3. The highest BCUT2D eigenvalue weighted by Gasteiger charge is 2.19. The number of aromatic nitrogens is 1. The Morgan fingerprint density at radius 3 is 2.38 bits per heavy atom. The molecular weight excluding hydrogens is 331 g/mol. The number of nitrogens with zero attached hydrogens (tertiary/aromatic N) is 1. The summed E-state index contributed by atoms with van der Waals surface area (Å²) in [7, 11) is 4.93. The number of fused-ring (bicyclic) bond motifs is 1. The van der Waals surface area contributed by atoms with E-state index in [1.54, 1.807) is 40.3 Å². The molecule has 5 heteroatoms. The Morgan fingerprint density at radius 2 is 1.77 bits per heavy atom. The second-order valence-corrected chi connectivity index (χ2v) is 5.93. The Balaban J connectivity index is 0.00000117. The van der Waals surface area contributed by atoms with Crippen molar-refractivity contribution >= 4 is 16.8 Å². The molecule has 0 saturated carbocycles. The highest BCUT2D eigenvalue weighted by atomic mass is 19.1. The van der Waals surface area contributed by atoms with Gasteiger partial charge < -0.3 is 14.6 Å². The molecule has 1 heterocycles. The fourth-order valence-corrected chi connectivity index (χ4v) is 2.84. The molecule has 0 bridgehead atoms. The number of carbonyl (C=O) groups is 1. The van der Waals surface area contributed by atoms with E-state index in [1.165, 1.54) is 4.90 Å². The van der Waals surface area contributed by atoms with E-state index in [-0.39, 0.29) is 11.7 Å². The monoisotopic (exact) mass is 356 g/mol. The molecule has 138 valence electrons. The molecule has 0 spiro atoms. The lowest BCUT2D eigenvalue weighted by atomic mass is 9.98. The van der Waals surface area contributed by atoms with Crippen LogP contribution in [-0.4, -0.2) is 37.0 Å². The largest absolute Gasteiger partial charge is 0.496 e. The highest BCUT2D eigenvalue weighted by molar-refractivity contribution is 6.04. The summed E-state index contributed by atoms with van der Waals surface area (Å²) in [4.78, 5) is 16.6. The summed E-state index contributed by atoms with van der Waals surface area (Å²) in [5.41, 5.74) is 2.89. The van der Waals surface area contributed by atoms with Crippen LogP contribution in [0.5, 0.6) is 5.75 Å². The molecule has 0 aliphatic rings. The molecular formula is C21H25FN2O2. The Bertz CT molecular complexity index is 929. The fourth-order valence-electron chi connectivity index (χ4n) is 2.84. The van der Waals surface area contributed by atoms with E-state index in [9.17, 15) is 9.18 Å². The lowest BCUT2D eigenvalue weighted by Crippen LogP contribution is -2.21. The zero-order valence-electron chi connectivity index (χ0n) is 16.1. The summed E-state index contributed by atoms with van der Waals surface area (Å²) in [6.07, 6.45) is 0. The average molecular weight is 356 g/mol. The number of aryl methyl sites for hydroxylation is 1. The molecule has 3 aromatic rings. The van der Waals surface area contributed by atoms with Crippen molar-refractivity contribution in [1.82, 2.24) is 9.88 Å². The number of hydrogen-bond acceptors (Lipinski definition) is 2. The van der Waals surface area contributed by atoms with Crippen molar-refractivity contribution in [3.63, 3.8) is 0 Å². The predicted octanol–water partition coefficient (Wildman–Crippen LogP) is 5.02. The van der Waals surface area contributed by atoms with E-state index in [1.807, 2.05) is 38.1 Å². The van der Waals surface area contributed by atoms with Gasteiger partial charge in [0.05, 0.1) is 12.6 Å². The molecule has 4 nitrogen and oxygen atoms in total. The number of para-hydroxylation sites is 1. The van der Waals surface area contributed by atoms with Crippen molar-refractivity contribution in [2.24, 2.45) is 0 Å². The van der Waals surface area contributed by atoms with E-state index >= 15 is 0 Å². The third kappa shape index (κ3) is 3.43. The van der Waals surface area contributed by atoms with Crippen LogP contribution < -0.4 is 4.74 Å². The molecule has 0 aliphatic heterocycles. The molecule has 0 atom stereocenters. The van der Waals surface area contributed by atoms with Gasteiger partial charge >= 0.3 is 0 Å². The zero-order chi connectivity index (χ0) is 19.4. The number of hydrogen-bond donors (Lipinski definition) is 1. The van der Waals surface area contributed by atoms with Crippen LogP contribution in [0.15, 0.2) is 36.4 Å². The van der Waals surface area contributed by atoms with Gasteiger partial charge in [-0.3, -0.25) is 4.79 Å². The Hall–Kier alpha value is -2.82. The number of halogens is 1. The number of methoxy groups -OCH3 is 1. The Labute approximate surface area is 153 Å². The topological polar surface area (TPSA) is 45.3 Å². The van der Waals surface area contributed by atoms with Crippen LogP contribution in [0, 0.1) is 12.7 Å². The molecule has 2 aromatic carbocycles. The standard InChI is InChI=1S/C19H19FN2O2.C2H6/c1-11-9-13(12-7-5-6-8-16(12)24-4)14-10-15(19(23)22(2)3)21-18(14)17(11)20;1-2/h5-10,21H,1-4H3;1-2H3. The third-order valence-electron chi connectivity index (χ3n) is 4.07. The molecule has 0 saturated heterocycles. The van der Waals surface area contributed by atoms with Gasteiger partial charge in [-0.15, -0.1) is 0 Å². The first-order chi connectivity index (χ1) is 12.4. The summed E-state index contributed by atoms with van der Waals surface area (Å²) >= 11 is 0. The number of nitrogens with one attached hydrogen (secondary N) is 1. The van der Waals surface area contributed by atoms with Crippen molar-refractivity contribution in [2.45, 2.75) is 20.8 Å². The quantitative estimate of drug-likeness (QED) is 0.716. The molecule has 0 radical (unpaired) electrons. The lowest BCUT2D eigenvalue weighted by molar-refractivity contribution is 0.0823. The highest BCUT2D eigenvalue weighted by Crippen LogP contribution is 2.37. The molecule has 0 unspecified atom stereocenters. The molecule has 3 rings (SSSR count). The minimum Gasteiger partial charge on any atom is -0.496 e. The van der Waals surface area contributed by atoms with Crippen LogP contribution in [0.1, 0.15) is 29.9 Å². The Morgan fingerprint density at radius 1 is 1.12 bits per heavy atom. The van der Waals surface area contributed by atoms with Gasteiger partial charge in [0.2, 0.25) is 0 Å². The maximum atomic E-state index is 14.6. The fraction of sp³-hybridized carbons (Fsp3) is 0.286. The molecule has 26 heavy (non-hydrogen) atoms. The first kappa shape index (κ1) is 19.5. The van der Waals surface area contributed by atoms with Gasteiger partial charge in [0.25, 0.3) is 5.91 Å². The number of aromatic amines is 1. The third-order valence-corrected chi connectivity index (χ3v) is 4.07. The van der Waals surface area contributed by atoms with Gasteiger partial charge in [-0.2, -0.15) is 0 Å². The van der Waals surface area contributed by atoms with Gasteiger partial charge in [0.15, 0.2) is 0 Å². The molecule has 0 fully saturated rings. The lowest BCUT2D eigenvalue weighted by Gasteiger charge is -2.11. The minimum absolute atomic E-state index is 0.200. The first-order valence-electron chi connectivity index (χ1n) is 8.61. The van der Waals surface area contributed by atoms with Crippen molar-refractivity contribution in [2.75, 3.05) is 21.2 Å². The number of H-pyrrole nitrogens is 1. The van der Waals surface area contributed by atoms with Crippen LogP contribution in [0.2, 0.25) is 0 Å². The van der Waals surface area contributed by atoms with Crippen LogP contribution in [0.25, 0.3) is 22.0 Å². The first-order valence-corrected chi connectivity index (χ1v) is 8.61. The SMILES string of the molecule is CC.COc1ccccc1-c1cc(C)c(F)c2[nH]c(C(=O)N(C)C)cc12. The summed E-state index contributed by atoms with van der Waals surface area (Å²) in [5, 5.41) is 0.660. The number of ether oxygens (including phenoxy) is 1. The van der Waals surface area contributed by atoms with Crippen LogP contribution in [0.4, 0.5) is 4.39 Å². The predicted molar refractivity (Wildman–Crippen MR) is 104 cm³/mol. The zero-order valence-corrected chi connectivity index (χ0v) is 16.1. The van der Waals surface area contributed by atoms with Gasteiger partial charge in [-0.05, 0) is 36.2 Å². The second kappa shape index (κ2) is 8.04. The molecule has 0 aliphatic carbocycles. The van der Waals surface area contributed by atoms with E-state index in [0.717, 1.165) is 11.1 Å². The summed E-state index contributed by atoms with van der Waals surface area (Å²) < 4.78 is 20.0. The van der Waals surface area contributed by atoms with Crippen molar-refractivity contribution in [3.8, 4) is 16.9 Å². The van der Waals surface area contributed by atoms with E-state index < -0.39 is 0 Å². The average Bonchev–Trinajstić information content (AvgIpc) is 3.11. The molecule has 1 amide bonds. The van der Waals surface area contributed by atoms with Gasteiger partial charge in [-0.25, -0.2) is 4.39 Å². The normalized spacial score (nSPS) is 10.3. The minimum atomic E-state index is -0.346. The number of carbonyl (C=O) groups excluding carboxylic acids is 1. The maximum Gasteiger partial charge on any atom is 0.269 e. The summed E-state index contributed by atoms with van der Waals surface area (Å²) in [6.45, 7) is 5.71. The molecule has 1 N–H and O–H groups in total. The van der Waals surface area contributed by atoms with Crippen molar-refractivity contribution in [1.29, 1.82) is 0 Å². The maximum absolute atomic E-state index is 14.6. The van der Waals surface area contributed by atoms with Crippen LogP contribution in [-0.2, 0) is 0 Å². The molecule has 1 aromatic heterocycles. The summed E-state index contributed by atoms with van der Waals surface area (Å²) in [6, 6.07) is 11.0. The van der Waals surface area contributed by atoms with Crippen molar-refractivity contribution < 1.29 is 13.9 Å². The second-order valence-electron chi connectivity index (χ2n) is 5.93. The summed E-state index contributed by atoms with van der Waals surface area (Å²) in [5.74, 6) is 0.155.